The monoisotopic (exact) mass is 281 g/mol. The number of aryl methyl sites for hydroxylation is 2. The molecule has 0 aliphatic heterocycles. The number of hydrogen-bond acceptors (Lipinski definition) is 3. The normalized spacial score (nSPS) is 10.8. The lowest BCUT2D eigenvalue weighted by Gasteiger charge is -2.01. The van der Waals surface area contributed by atoms with Crippen LogP contribution in [0.15, 0.2) is 48.5 Å². The molecule has 0 atom stereocenters. The summed E-state index contributed by atoms with van der Waals surface area (Å²) >= 11 is 0. The third-order valence-electron chi connectivity index (χ3n) is 3.29. The van der Waals surface area contributed by atoms with Crippen LogP contribution in [0.25, 0.3) is 6.08 Å². The number of nitro benzene ring substituents is 1. The lowest BCUT2D eigenvalue weighted by molar-refractivity contribution is -0.385. The highest BCUT2D eigenvalue weighted by atomic mass is 16.6. The summed E-state index contributed by atoms with van der Waals surface area (Å²) in [6, 6.07) is 12.2. The molecule has 0 aliphatic rings. The van der Waals surface area contributed by atoms with Gasteiger partial charge in [0.05, 0.1) is 4.92 Å². The molecule has 0 heterocycles. The van der Waals surface area contributed by atoms with Crippen molar-refractivity contribution in [1.29, 1.82) is 0 Å². The Labute approximate surface area is 122 Å². The van der Waals surface area contributed by atoms with E-state index < -0.39 is 4.92 Å². The third kappa shape index (κ3) is 3.42. The molecular weight excluding hydrogens is 266 g/mol. The molecule has 0 unspecified atom stereocenters. The predicted octanol–water partition coefficient (Wildman–Crippen LogP) is 4.11. The molecule has 21 heavy (non-hydrogen) atoms. The van der Waals surface area contributed by atoms with Crippen molar-refractivity contribution in [3.05, 3.63) is 80.9 Å². The Hall–Kier alpha value is -2.75. The number of hydrogen-bond donors (Lipinski definition) is 0. The van der Waals surface area contributed by atoms with Gasteiger partial charge in [0.25, 0.3) is 5.69 Å². The van der Waals surface area contributed by atoms with Gasteiger partial charge in [-0.1, -0.05) is 42.5 Å². The minimum atomic E-state index is -0.475. The van der Waals surface area contributed by atoms with E-state index in [0.717, 1.165) is 11.1 Å². The Bertz CT molecular complexity index is 733. The predicted molar refractivity (Wildman–Crippen MR) is 82.4 cm³/mol. The van der Waals surface area contributed by atoms with E-state index in [1.165, 1.54) is 12.1 Å². The van der Waals surface area contributed by atoms with E-state index in [1.807, 2.05) is 31.2 Å². The maximum absolute atomic E-state index is 12.1. The molecule has 4 heteroatoms. The second-order valence-electron chi connectivity index (χ2n) is 4.81. The molecule has 0 spiro atoms. The molecule has 0 radical (unpaired) electrons. The van der Waals surface area contributed by atoms with E-state index in [-0.39, 0.29) is 11.5 Å². The molecule has 0 saturated carbocycles. The van der Waals surface area contributed by atoms with Gasteiger partial charge in [-0.3, -0.25) is 14.9 Å². The summed E-state index contributed by atoms with van der Waals surface area (Å²) in [5.41, 5.74) is 2.84. The van der Waals surface area contributed by atoms with Gasteiger partial charge in [-0.05, 0) is 31.1 Å². The average Bonchev–Trinajstić information content (AvgIpc) is 2.46. The van der Waals surface area contributed by atoms with Crippen molar-refractivity contribution >= 4 is 17.5 Å². The van der Waals surface area contributed by atoms with Crippen LogP contribution in [0.5, 0.6) is 0 Å². The number of ketones is 1. The maximum Gasteiger partial charge on any atom is 0.273 e. The highest BCUT2D eigenvalue weighted by Crippen LogP contribution is 2.20. The van der Waals surface area contributed by atoms with Crippen molar-refractivity contribution in [3.63, 3.8) is 0 Å². The molecular formula is C17H15NO3. The number of rotatable bonds is 4. The Morgan fingerprint density at radius 3 is 2.48 bits per heavy atom. The van der Waals surface area contributed by atoms with Gasteiger partial charge in [-0.25, -0.2) is 0 Å². The molecule has 106 valence electrons. The number of carbonyl (C=O) groups excluding carboxylic acids is 1. The summed E-state index contributed by atoms with van der Waals surface area (Å²) in [5, 5.41) is 10.9. The van der Waals surface area contributed by atoms with Crippen molar-refractivity contribution in [2.24, 2.45) is 0 Å². The smallest absolute Gasteiger partial charge is 0.273 e. The van der Waals surface area contributed by atoms with Gasteiger partial charge < -0.3 is 0 Å². The largest absolute Gasteiger partial charge is 0.289 e. The summed E-state index contributed by atoms with van der Waals surface area (Å²) in [5.74, 6) is -0.249. The van der Waals surface area contributed by atoms with Crippen LogP contribution in [0.3, 0.4) is 0 Å². The number of benzene rings is 2. The number of allylic oxidation sites excluding steroid dienone is 1. The van der Waals surface area contributed by atoms with Crippen LogP contribution in [0.2, 0.25) is 0 Å². The topological polar surface area (TPSA) is 60.2 Å². The van der Waals surface area contributed by atoms with Crippen LogP contribution < -0.4 is 0 Å². The average molecular weight is 281 g/mol. The van der Waals surface area contributed by atoms with Crippen LogP contribution in [0.4, 0.5) is 5.69 Å². The van der Waals surface area contributed by atoms with Crippen LogP contribution in [-0.2, 0) is 0 Å². The summed E-state index contributed by atoms with van der Waals surface area (Å²) < 4.78 is 0. The molecule has 0 aromatic heterocycles. The Morgan fingerprint density at radius 2 is 1.81 bits per heavy atom. The molecule has 0 fully saturated rings. The first-order valence-electron chi connectivity index (χ1n) is 6.52. The maximum atomic E-state index is 12.1. The van der Waals surface area contributed by atoms with Crippen molar-refractivity contribution in [1.82, 2.24) is 0 Å². The first kappa shape index (κ1) is 14.7. The zero-order chi connectivity index (χ0) is 15.4. The summed E-state index contributed by atoms with van der Waals surface area (Å²) in [6.45, 7) is 3.61. The lowest BCUT2D eigenvalue weighted by atomic mass is 10.0. The second-order valence-corrected chi connectivity index (χ2v) is 4.81. The minimum Gasteiger partial charge on any atom is -0.289 e. The Kier molecular flexibility index (Phi) is 4.28. The molecule has 0 amide bonds. The van der Waals surface area contributed by atoms with E-state index in [4.69, 9.17) is 0 Å². The third-order valence-corrected chi connectivity index (χ3v) is 3.29. The van der Waals surface area contributed by atoms with E-state index >= 15 is 0 Å². The Balaban J connectivity index is 2.27. The van der Waals surface area contributed by atoms with Gasteiger partial charge in [-0.15, -0.1) is 0 Å². The van der Waals surface area contributed by atoms with E-state index in [1.54, 1.807) is 25.1 Å². The van der Waals surface area contributed by atoms with Crippen molar-refractivity contribution in [2.45, 2.75) is 13.8 Å². The van der Waals surface area contributed by atoms with Crippen LogP contribution in [-0.4, -0.2) is 10.7 Å². The SMILES string of the molecule is Cc1ccccc1/C=C/C(=O)c1ccc(C)c([N+](=O)[O-])c1. The summed E-state index contributed by atoms with van der Waals surface area (Å²) in [6.07, 6.45) is 3.17. The number of nitrogens with zero attached hydrogens (tertiary/aromatic N) is 1. The van der Waals surface area contributed by atoms with Gasteiger partial charge in [0, 0.05) is 17.2 Å². The van der Waals surface area contributed by atoms with Gasteiger partial charge >= 0.3 is 0 Å². The molecule has 2 aromatic carbocycles. The fourth-order valence-corrected chi connectivity index (χ4v) is 1.99. The first-order valence-corrected chi connectivity index (χ1v) is 6.52. The van der Waals surface area contributed by atoms with E-state index in [9.17, 15) is 14.9 Å². The van der Waals surface area contributed by atoms with Crippen molar-refractivity contribution in [2.75, 3.05) is 0 Å². The Morgan fingerprint density at radius 1 is 1.10 bits per heavy atom. The standard InChI is InChI=1S/C17H15NO3/c1-12-5-3-4-6-14(12)9-10-17(19)15-8-7-13(2)16(11-15)18(20)21/h3-11H,1-2H3/b10-9+. The zero-order valence-corrected chi connectivity index (χ0v) is 11.9. The van der Waals surface area contributed by atoms with Gasteiger partial charge in [0.2, 0.25) is 0 Å². The zero-order valence-electron chi connectivity index (χ0n) is 11.9. The van der Waals surface area contributed by atoms with Gasteiger partial charge in [0.1, 0.15) is 0 Å². The molecule has 2 rings (SSSR count). The van der Waals surface area contributed by atoms with Gasteiger partial charge in [0.15, 0.2) is 5.78 Å². The van der Waals surface area contributed by atoms with Crippen LogP contribution in [0.1, 0.15) is 27.0 Å². The molecule has 0 saturated heterocycles. The van der Waals surface area contributed by atoms with Gasteiger partial charge in [-0.2, -0.15) is 0 Å². The highest BCUT2D eigenvalue weighted by molar-refractivity contribution is 6.07. The fourth-order valence-electron chi connectivity index (χ4n) is 1.99. The molecule has 0 N–H and O–H groups in total. The van der Waals surface area contributed by atoms with E-state index in [0.29, 0.717) is 11.1 Å². The van der Waals surface area contributed by atoms with Crippen LogP contribution in [0, 0.1) is 24.0 Å². The number of nitro groups is 1. The lowest BCUT2D eigenvalue weighted by Crippen LogP contribution is -1.98. The molecule has 0 aliphatic carbocycles. The molecule has 0 bridgehead atoms. The number of carbonyl (C=O) groups is 1. The fraction of sp³-hybridized carbons (Fsp3) is 0.118. The van der Waals surface area contributed by atoms with Crippen LogP contribution >= 0.6 is 0 Å². The highest BCUT2D eigenvalue weighted by Gasteiger charge is 2.13. The molecule has 4 nitrogen and oxygen atoms in total. The quantitative estimate of drug-likeness (QED) is 0.367. The second kappa shape index (κ2) is 6.13. The van der Waals surface area contributed by atoms with Crippen molar-refractivity contribution in [3.8, 4) is 0 Å². The molecule has 2 aromatic rings. The van der Waals surface area contributed by atoms with Crippen molar-refractivity contribution < 1.29 is 9.72 Å². The first-order chi connectivity index (χ1) is 9.99. The summed E-state index contributed by atoms with van der Waals surface area (Å²) in [7, 11) is 0. The van der Waals surface area contributed by atoms with E-state index in [2.05, 4.69) is 0 Å². The summed E-state index contributed by atoms with van der Waals surface area (Å²) in [4.78, 5) is 22.5. The minimum absolute atomic E-state index is 0.0369.